The Morgan fingerprint density at radius 1 is 1.25 bits per heavy atom. The molecule has 2 amide bonds. The summed E-state index contributed by atoms with van der Waals surface area (Å²) in [7, 11) is 0. The zero-order valence-electron chi connectivity index (χ0n) is 13.9. The van der Waals surface area contributed by atoms with Crippen LogP contribution in [0.25, 0.3) is 0 Å². The molecular weight excluding hydrogens is 374 g/mol. The zero-order chi connectivity index (χ0) is 17.4. The third-order valence-electron chi connectivity index (χ3n) is 3.93. The number of ether oxygens (including phenoxy) is 1. The van der Waals surface area contributed by atoms with Crippen LogP contribution in [0, 0.1) is 0 Å². The largest absolute Gasteiger partial charge is 0.450 e. The number of carbonyl (C=O) groups is 2. The molecule has 0 aromatic heterocycles. The first kappa shape index (κ1) is 18.7. The van der Waals surface area contributed by atoms with E-state index < -0.39 is 0 Å². The number of carbonyl (C=O) groups excluding carboxylic acids is 2. The van der Waals surface area contributed by atoms with Crippen molar-refractivity contribution < 1.29 is 14.3 Å². The lowest BCUT2D eigenvalue weighted by molar-refractivity contribution is -0.116. The van der Waals surface area contributed by atoms with Crippen molar-refractivity contribution in [1.29, 1.82) is 0 Å². The number of hydrogen-bond donors (Lipinski definition) is 2. The highest BCUT2D eigenvalue weighted by atomic mass is 79.9. The number of hydrogen-bond acceptors (Lipinski definition) is 4. The van der Waals surface area contributed by atoms with Gasteiger partial charge in [-0.1, -0.05) is 15.9 Å². The standard InChI is InChI=1S/C17H24BrN3O3/c1-2-24-17(23)21-11-8-14(9-12-21)19-10-7-16(22)20-15-5-3-13(18)4-6-15/h3-6,14,19H,2,7-12H2,1H3,(H,20,22). The molecule has 0 aliphatic carbocycles. The van der Waals surface area contributed by atoms with Gasteiger partial charge < -0.3 is 20.3 Å². The summed E-state index contributed by atoms with van der Waals surface area (Å²) in [5.41, 5.74) is 0.797. The summed E-state index contributed by atoms with van der Waals surface area (Å²) in [5, 5.41) is 6.27. The van der Waals surface area contributed by atoms with Crippen LogP contribution in [0.1, 0.15) is 26.2 Å². The van der Waals surface area contributed by atoms with Crippen LogP contribution in [0.15, 0.2) is 28.7 Å². The Hall–Kier alpha value is -1.60. The molecule has 132 valence electrons. The maximum Gasteiger partial charge on any atom is 0.409 e. The SMILES string of the molecule is CCOC(=O)N1CCC(NCCC(=O)Nc2ccc(Br)cc2)CC1. The number of likely N-dealkylation sites (tertiary alicyclic amines) is 1. The van der Waals surface area contributed by atoms with E-state index in [0.29, 0.717) is 38.7 Å². The Morgan fingerprint density at radius 2 is 1.92 bits per heavy atom. The number of halogens is 1. The first-order valence-corrected chi connectivity index (χ1v) is 9.08. The minimum Gasteiger partial charge on any atom is -0.450 e. The Bertz CT molecular complexity index is 543. The maximum absolute atomic E-state index is 11.9. The third kappa shape index (κ3) is 6.13. The summed E-state index contributed by atoms with van der Waals surface area (Å²) in [4.78, 5) is 25.3. The summed E-state index contributed by atoms with van der Waals surface area (Å²) >= 11 is 3.36. The quantitative estimate of drug-likeness (QED) is 0.773. The summed E-state index contributed by atoms with van der Waals surface area (Å²) in [6, 6.07) is 7.85. The van der Waals surface area contributed by atoms with E-state index in [1.165, 1.54) is 0 Å². The average molecular weight is 398 g/mol. The Labute approximate surface area is 151 Å². The first-order chi connectivity index (χ1) is 11.6. The normalized spacial score (nSPS) is 15.2. The summed E-state index contributed by atoms with van der Waals surface area (Å²) in [5.74, 6) is -0.00576. The van der Waals surface area contributed by atoms with Gasteiger partial charge in [0.2, 0.25) is 5.91 Å². The highest BCUT2D eigenvalue weighted by molar-refractivity contribution is 9.10. The molecule has 1 aromatic carbocycles. The summed E-state index contributed by atoms with van der Waals surface area (Å²) in [6.07, 6.45) is 1.96. The van der Waals surface area contributed by atoms with Gasteiger partial charge in [-0.15, -0.1) is 0 Å². The molecule has 0 atom stereocenters. The second kappa shape index (κ2) is 9.64. The Kier molecular flexibility index (Phi) is 7.52. The van der Waals surface area contributed by atoms with Gasteiger partial charge in [0.15, 0.2) is 0 Å². The number of rotatable bonds is 6. The first-order valence-electron chi connectivity index (χ1n) is 8.29. The second-order valence-corrected chi connectivity index (χ2v) is 6.64. The van der Waals surface area contributed by atoms with Crippen LogP contribution >= 0.6 is 15.9 Å². The number of amides is 2. The van der Waals surface area contributed by atoms with Crippen LogP contribution in [-0.4, -0.2) is 49.2 Å². The average Bonchev–Trinajstić information content (AvgIpc) is 2.58. The van der Waals surface area contributed by atoms with Gasteiger partial charge in [0, 0.05) is 42.3 Å². The van der Waals surface area contributed by atoms with E-state index in [1.54, 1.807) is 4.90 Å². The number of piperidine rings is 1. The van der Waals surface area contributed by atoms with E-state index in [4.69, 9.17) is 4.74 Å². The topological polar surface area (TPSA) is 70.7 Å². The molecule has 6 nitrogen and oxygen atoms in total. The van der Waals surface area contributed by atoms with Crippen molar-refractivity contribution in [3.8, 4) is 0 Å². The van der Waals surface area contributed by atoms with Crippen LogP contribution < -0.4 is 10.6 Å². The smallest absolute Gasteiger partial charge is 0.409 e. The van der Waals surface area contributed by atoms with Gasteiger partial charge in [0.25, 0.3) is 0 Å². The number of benzene rings is 1. The van der Waals surface area contributed by atoms with Crippen molar-refractivity contribution in [2.45, 2.75) is 32.2 Å². The number of anilines is 1. The van der Waals surface area contributed by atoms with Crippen LogP contribution in [0.2, 0.25) is 0 Å². The fourth-order valence-corrected chi connectivity index (χ4v) is 2.89. The van der Waals surface area contributed by atoms with E-state index in [-0.39, 0.29) is 12.0 Å². The maximum atomic E-state index is 11.9. The van der Waals surface area contributed by atoms with E-state index >= 15 is 0 Å². The monoisotopic (exact) mass is 397 g/mol. The van der Waals surface area contributed by atoms with Gasteiger partial charge in [0.1, 0.15) is 0 Å². The van der Waals surface area contributed by atoms with Gasteiger partial charge in [-0.3, -0.25) is 4.79 Å². The lowest BCUT2D eigenvalue weighted by Gasteiger charge is -2.31. The van der Waals surface area contributed by atoms with Gasteiger partial charge >= 0.3 is 6.09 Å². The van der Waals surface area contributed by atoms with Crippen molar-refractivity contribution >= 4 is 33.6 Å². The molecule has 1 aliphatic rings. The van der Waals surface area contributed by atoms with Crippen LogP contribution in [0.3, 0.4) is 0 Å². The van der Waals surface area contributed by atoms with Crippen LogP contribution in [-0.2, 0) is 9.53 Å². The number of nitrogens with zero attached hydrogens (tertiary/aromatic N) is 1. The third-order valence-corrected chi connectivity index (χ3v) is 4.46. The molecule has 1 fully saturated rings. The van der Waals surface area contributed by atoms with E-state index in [2.05, 4.69) is 26.6 Å². The van der Waals surface area contributed by atoms with Crippen LogP contribution in [0.5, 0.6) is 0 Å². The molecule has 0 spiro atoms. The molecule has 1 heterocycles. The fraction of sp³-hybridized carbons (Fsp3) is 0.529. The second-order valence-electron chi connectivity index (χ2n) is 5.72. The molecule has 7 heteroatoms. The highest BCUT2D eigenvalue weighted by Gasteiger charge is 2.23. The van der Waals surface area contributed by atoms with Gasteiger partial charge in [-0.2, -0.15) is 0 Å². The lowest BCUT2D eigenvalue weighted by Crippen LogP contribution is -2.45. The van der Waals surface area contributed by atoms with Crippen molar-refractivity contribution in [1.82, 2.24) is 10.2 Å². The van der Waals surface area contributed by atoms with Crippen molar-refractivity contribution in [2.75, 3.05) is 31.6 Å². The highest BCUT2D eigenvalue weighted by Crippen LogP contribution is 2.14. The predicted molar refractivity (Wildman–Crippen MR) is 97.0 cm³/mol. The van der Waals surface area contributed by atoms with Gasteiger partial charge in [-0.25, -0.2) is 4.79 Å². The van der Waals surface area contributed by atoms with Crippen molar-refractivity contribution in [2.24, 2.45) is 0 Å². The van der Waals surface area contributed by atoms with Crippen molar-refractivity contribution in [3.05, 3.63) is 28.7 Å². The predicted octanol–water partition coefficient (Wildman–Crippen LogP) is 2.99. The summed E-state index contributed by atoms with van der Waals surface area (Å²) in [6.45, 7) is 4.24. The zero-order valence-corrected chi connectivity index (χ0v) is 15.5. The molecule has 0 bridgehead atoms. The van der Waals surface area contributed by atoms with E-state index in [0.717, 1.165) is 23.0 Å². The van der Waals surface area contributed by atoms with Crippen LogP contribution in [0.4, 0.5) is 10.5 Å². The summed E-state index contributed by atoms with van der Waals surface area (Å²) < 4.78 is 5.99. The van der Waals surface area contributed by atoms with Gasteiger partial charge in [-0.05, 0) is 44.0 Å². The molecule has 2 rings (SSSR count). The fourth-order valence-electron chi connectivity index (χ4n) is 2.63. The molecular formula is C17H24BrN3O3. The Morgan fingerprint density at radius 3 is 2.54 bits per heavy atom. The molecule has 1 aliphatic heterocycles. The van der Waals surface area contributed by atoms with Crippen molar-refractivity contribution in [3.63, 3.8) is 0 Å². The molecule has 2 N–H and O–H groups in total. The minimum atomic E-state index is -0.232. The number of nitrogens with one attached hydrogen (secondary N) is 2. The molecule has 0 unspecified atom stereocenters. The minimum absolute atomic E-state index is 0.00576. The lowest BCUT2D eigenvalue weighted by atomic mass is 10.1. The molecule has 0 saturated carbocycles. The van der Waals surface area contributed by atoms with E-state index in [1.807, 2.05) is 31.2 Å². The molecule has 24 heavy (non-hydrogen) atoms. The van der Waals surface area contributed by atoms with Gasteiger partial charge in [0.05, 0.1) is 6.61 Å². The molecule has 1 saturated heterocycles. The molecule has 1 aromatic rings. The molecule has 0 radical (unpaired) electrons. The Balaban J connectivity index is 1.62. The van der Waals surface area contributed by atoms with E-state index in [9.17, 15) is 9.59 Å².